The summed E-state index contributed by atoms with van der Waals surface area (Å²) in [6, 6.07) is 4.08. The summed E-state index contributed by atoms with van der Waals surface area (Å²) in [5.74, 6) is 0. The average molecular weight is 296 g/mol. The van der Waals surface area contributed by atoms with Crippen LogP contribution < -0.4 is 5.32 Å². The van der Waals surface area contributed by atoms with E-state index in [0.29, 0.717) is 26.4 Å². The number of nitrogens with one attached hydrogen (secondary N) is 1. The molecule has 0 saturated heterocycles. The van der Waals surface area contributed by atoms with Gasteiger partial charge in [-0.05, 0) is 25.0 Å². The second-order valence-electron chi connectivity index (χ2n) is 5.11. The highest BCUT2D eigenvalue weighted by Gasteiger charge is 2.08. The number of unbranched alkanes of at least 4 members (excludes halogenated alkanes) is 1. The quantitative estimate of drug-likeness (QED) is 0.577. The van der Waals surface area contributed by atoms with E-state index in [-0.39, 0.29) is 6.04 Å². The summed E-state index contributed by atoms with van der Waals surface area (Å²) in [6.07, 6.45) is 5.29. The lowest BCUT2D eigenvalue weighted by molar-refractivity contribution is 0.00331. The van der Waals surface area contributed by atoms with Gasteiger partial charge in [-0.3, -0.25) is 4.98 Å². The standard InChI is InChI=1S/C16H28N2O3/c1-3-4-8-20-9-10-21-13-16(19)12-18-14(2)15-6-5-7-17-11-15/h5-7,11,14,16,18-19H,3-4,8-10,12-13H2,1-2H3/t14-,16?/m0/s1. The number of aliphatic hydroxyl groups is 1. The van der Waals surface area contributed by atoms with Crippen LogP contribution in [0.25, 0.3) is 0 Å². The Morgan fingerprint density at radius 3 is 2.81 bits per heavy atom. The van der Waals surface area contributed by atoms with Gasteiger partial charge in [0.15, 0.2) is 0 Å². The van der Waals surface area contributed by atoms with E-state index < -0.39 is 6.10 Å². The Morgan fingerprint density at radius 2 is 2.10 bits per heavy atom. The maximum Gasteiger partial charge on any atom is 0.0897 e. The van der Waals surface area contributed by atoms with E-state index >= 15 is 0 Å². The van der Waals surface area contributed by atoms with Crippen molar-refractivity contribution in [1.29, 1.82) is 0 Å². The van der Waals surface area contributed by atoms with E-state index in [1.165, 1.54) is 0 Å². The average Bonchev–Trinajstić information content (AvgIpc) is 2.52. The molecule has 0 saturated carbocycles. The van der Waals surface area contributed by atoms with E-state index in [9.17, 15) is 5.11 Å². The predicted molar refractivity (Wildman–Crippen MR) is 83.2 cm³/mol. The Morgan fingerprint density at radius 1 is 1.29 bits per heavy atom. The van der Waals surface area contributed by atoms with Gasteiger partial charge in [-0.25, -0.2) is 0 Å². The van der Waals surface area contributed by atoms with Crippen molar-refractivity contribution in [2.24, 2.45) is 0 Å². The van der Waals surface area contributed by atoms with Crippen LogP contribution in [0.15, 0.2) is 24.5 Å². The first kappa shape index (κ1) is 18.0. The summed E-state index contributed by atoms with van der Waals surface area (Å²) in [6.45, 7) is 6.90. The second-order valence-corrected chi connectivity index (χ2v) is 5.11. The van der Waals surface area contributed by atoms with Crippen molar-refractivity contribution in [1.82, 2.24) is 10.3 Å². The molecule has 0 aliphatic carbocycles. The van der Waals surface area contributed by atoms with Gasteiger partial charge in [-0.2, -0.15) is 0 Å². The SMILES string of the molecule is CCCCOCCOCC(O)CN[C@@H](C)c1cccnc1. The zero-order chi connectivity index (χ0) is 15.3. The maximum atomic E-state index is 9.84. The van der Waals surface area contributed by atoms with Crippen LogP contribution in [0.2, 0.25) is 0 Å². The molecule has 2 atom stereocenters. The molecule has 1 aromatic rings. The molecule has 0 aliphatic rings. The van der Waals surface area contributed by atoms with Crippen molar-refractivity contribution < 1.29 is 14.6 Å². The van der Waals surface area contributed by atoms with Gasteiger partial charge in [-0.1, -0.05) is 19.4 Å². The lowest BCUT2D eigenvalue weighted by Gasteiger charge is -2.17. The summed E-state index contributed by atoms with van der Waals surface area (Å²) in [5.41, 5.74) is 1.11. The molecule has 1 aromatic heterocycles. The number of nitrogens with zero attached hydrogens (tertiary/aromatic N) is 1. The van der Waals surface area contributed by atoms with Crippen LogP contribution in [0.4, 0.5) is 0 Å². The smallest absolute Gasteiger partial charge is 0.0897 e. The second kappa shape index (κ2) is 11.6. The number of aromatic nitrogens is 1. The highest BCUT2D eigenvalue weighted by atomic mass is 16.5. The fourth-order valence-electron chi connectivity index (χ4n) is 1.81. The molecule has 0 amide bonds. The molecular formula is C16H28N2O3. The fraction of sp³-hybridized carbons (Fsp3) is 0.688. The van der Waals surface area contributed by atoms with Crippen LogP contribution >= 0.6 is 0 Å². The van der Waals surface area contributed by atoms with Crippen LogP contribution in [0.5, 0.6) is 0 Å². The monoisotopic (exact) mass is 296 g/mol. The van der Waals surface area contributed by atoms with Crippen molar-refractivity contribution in [3.05, 3.63) is 30.1 Å². The lowest BCUT2D eigenvalue weighted by atomic mass is 10.1. The first-order valence-electron chi connectivity index (χ1n) is 7.71. The van der Waals surface area contributed by atoms with Gasteiger partial charge < -0.3 is 19.9 Å². The fourth-order valence-corrected chi connectivity index (χ4v) is 1.81. The number of hydrogen-bond donors (Lipinski definition) is 2. The molecule has 1 heterocycles. The predicted octanol–water partition coefficient (Wildman–Crippen LogP) is 1.93. The summed E-state index contributed by atoms with van der Waals surface area (Å²) in [4.78, 5) is 4.08. The minimum Gasteiger partial charge on any atom is -0.389 e. The molecule has 0 bridgehead atoms. The van der Waals surface area contributed by atoms with Gasteiger partial charge in [0.05, 0.1) is 25.9 Å². The summed E-state index contributed by atoms with van der Waals surface area (Å²) >= 11 is 0. The van der Waals surface area contributed by atoms with Crippen molar-refractivity contribution in [3.8, 4) is 0 Å². The van der Waals surface area contributed by atoms with Crippen molar-refractivity contribution in [2.45, 2.75) is 38.8 Å². The normalized spacial score (nSPS) is 14.0. The molecule has 0 aromatic carbocycles. The van der Waals surface area contributed by atoms with Crippen molar-refractivity contribution in [2.75, 3.05) is 33.0 Å². The van der Waals surface area contributed by atoms with E-state index in [1.807, 2.05) is 25.3 Å². The third-order valence-corrected chi connectivity index (χ3v) is 3.17. The van der Waals surface area contributed by atoms with Gasteiger partial charge in [0.2, 0.25) is 0 Å². The summed E-state index contributed by atoms with van der Waals surface area (Å²) < 4.78 is 10.8. The van der Waals surface area contributed by atoms with E-state index in [2.05, 4.69) is 17.2 Å². The van der Waals surface area contributed by atoms with Gasteiger partial charge in [0, 0.05) is 31.6 Å². The molecule has 2 N–H and O–H groups in total. The zero-order valence-corrected chi connectivity index (χ0v) is 13.1. The number of pyridine rings is 1. The molecule has 0 fully saturated rings. The van der Waals surface area contributed by atoms with Crippen molar-refractivity contribution >= 4 is 0 Å². The first-order valence-corrected chi connectivity index (χ1v) is 7.71. The molecule has 21 heavy (non-hydrogen) atoms. The number of hydrogen-bond acceptors (Lipinski definition) is 5. The van der Waals surface area contributed by atoms with Gasteiger partial charge >= 0.3 is 0 Å². The summed E-state index contributed by atoms with van der Waals surface area (Å²) in [7, 11) is 0. The Bertz CT molecular complexity index is 349. The Labute approximate surface area is 127 Å². The van der Waals surface area contributed by atoms with Gasteiger partial charge in [-0.15, -0.1) is 0 Å². The molecule has 0 spiro atoms. The Balaban J connectivity index is 2.02. The van der Waals surface area contributed by atoms with Crippen LogP contribution in [0.3, 0.4) is 0 Å². The molecule has 1 rings (SSSR count). The van der Waals surface area contributed by atoms with Crippen LogP contribution in [0, 0.1) is 0 Å². The Kier molecular flexibility index (Phi) is 9.99. The van der Waals surface area contributed by atoms with E-state index in [0.717, 1.165) is 25.0 Å². The number of ether oxygens (including phenoxy) is 2. The highest BCUT2D eigenvalue weighted by Crippen LogP contribution is 2.09. The Hall–Kier alpha value is -1.01. The van der Waals surface area contributed by atoms with Gasteiger partial charge in [0.25, 0.3) is 0 Å². The molecule has 0 radical (unpaired) electrons. The largest absolute Gasteiger partial charge is 0.389 e. The molecule has 120 valence electrons. The van der Waals surface area contributed by atoms with Crippen LogP contribution in [-0.2, 0) is 9.47 Å². The van der Waals surface area contributed by atoms with E-state index in [4.69, 9.17) is 9.47 Å². The number of rotatable bonds is 12. The molecule has 5 nitrogen and oxygen atoms in total. The molecule has 0 aliphatic heterocycles. The third-order valence-electron chi connectivity index (χ3n) is 3.17. The molecule has 1 unspecified atom stereocenters. The van der Waals surface area contributed by atoms with E-state index in [1.54, 1.807) is 6.20 Å². The molecular weight excluding hydrogens is 268 g/mol. The zero-order valence-electron chi connectivity index (χ0n) is 13.1. The topological polar surface area (TPSA) is 63.6 Å². The minimum atomic E-state index is -0.514. The van der Waals surface area contributed by atoms with Crippen LogP contribution in [-0.4, -0.2) is 49.2 Å². The highest BCUT2D eigenvalue weighted by molar-refractivity contribution is 5.12. The molecule has 5 heteroatoms. The third kappa shape index (κ3) is 8.78. The number of aliphatic hydroxyl groups excluding tert-OH is 1. The lowest BCUT2D eigenvalue weighted by Crippen LogP contribution is -2.32. The minimum absolute atomic E-state index is 0.158. The van der Waals surface area contributed by atoms with Crippen molar-refractivity contribution in [3.63, 3.8) is 0 Å². The maximum absolute atomic E-state index is 9.84. The first-order chi connectivity index (χ1) is 10.2. The summed E-state index contributed by atoms with van der Waals surface area (Å²) in [5, 5.41) is 13.1. The van der Waals surface area contributed by atoms with Gasteiger partial charge in [0.1, 0.15) is 0 Å². The van der Waals surface area contributed by atoms with Crippen LogP contribution in [0.1, 0.15) is 38.3 Å².